The largest absolute Gasteiger partial charge is 0.497 e. The molecule has 0 spiro atoms. The second kappa shape index (κ2) is 7.38. The van der Waals surface area contributed by atoms with E-state index < -0.39 is 11.3 Å². The van der Waals surface area contributed by atoms with Crippen molar-refractivity contribution in [1.29, 1.82) is 0 Å². The second-order valence-corrected chi connectivity index (χ2v) is 7.87. The van der Waals surface area contributed by atoms with E-state index in [0.717, 1.165) is 16.3 Å². The Labute approximate surface area is 187 Å². The van der Waals surface area contributed by atoms with Crippen molar-refractivity contribution >= 4 is 21.5 Å². The van der Waals surface area contributed by atoms with Gasteiger partial charge in [0.05, 0.1) is 19.3 Å². The van der Waals surface area contributed by atoms with Crippen LogP contribution in [0.3, 0.4) is 0 Å². The van der Waals surface area contributed by atoms with Crippen LogP contribution in [0.25, 0.3) is 44.2 Å². The van der Waals surface area contributed by atoms with Gasteiger partial charge in [-0.1, -0.05) is 30.3 Å². The van der Waals surface area contributed by atoms with Crippen molar-refractivity contribution in [2.24, 2.45) is 0 Å². The fourth-order valence-corrected chi connectivity index (χ4v) is 4.45. The van der Waals surface area contributed by atoms with Crippen LogP contribution in [0, 0.1) is 0 Å². The Morgan fingerprint density at radius 2 is 1.64 bits per heavy atom. The maximum absolute atomic E-state index is 12.9. The fourth-order valence-electron chi connectivity index (χ4n) is 4.45. The highest BCUT2D eigenvalue weighted by Gasteiger charge is 2.25. The third kappa shape index (κ3) is 3.03. The van der Waals surface area contributed by atoms with Crippen LogP contribution in [0.4, 0.5) is 0 Å². The molecule has 0 atom stereocenters. The van der Waals surface area contributed by atoms with Crippen LogP contribution >= 0.6 is 0 Å². The zero-order valence-electron chi connectivity index (χ0n) is 17.7. The van der Waals surface area contributed by atoms with Crippen molar-refractivity contribution in [2.45, 2.75) is 6.42 Å². The number of hydrogen-bond donors (Lipinski definition) is 0. The Kier molecular flexibility index (Phi) is 4.33. The molecular weight excluding hydrogens is 420 g/mol. The first-order valence-electron chi connectivity index (χ1n) is 10.6. The molecule has 33 heavy (non-hydrogen) atoms. The first-order chi connectivity index (χ1) is 16.1. The van der Waals surface area contributed by atoms with E-state index in [-0.39, 0.29) is 5.39 Å². The van der Waals surface area contributed by atoms with Crippen molar-refractivity contribution in [3.63, 3.8) is 0 Å². The summed E-state index contributed by atoms with van der Waals surface area (Å²) in [6, 6.07) is 20.7. The van der Waals surface area contributed by atoms with Crippen LogP contribution in [0.15, 0.2) is 85.2 Å². The molecule has 3 aromatic carbocycles. The molecule has 162 valence electrons. The Balaban J connectivity index is 1.64. The topological polar surface area (TPSA) is 78.9 Å². The van der Waals surface area contributed by atoms with Gasteiger partial charge in [-0.25, -0.2) is 9.59 Å². The minimum Gasteiger partial charge on any atom is -0.497 e. The molecule has 0 saturated carbocycles. The molecule has 0 radical (unpaired) electrons. The lowest BCUT2D eigenvalue weighted by Crippen LogP contribution is -2.14. The lowest BCUT2D eigenvalue weighted by Gasteiger charge is -2.11. The van der Waals surface area contributed by atoms with Gasteiger partial charge in [0.2, 0.25) is 0 Å². The van der Waals surface area contributed by atoms with Gasteiger partial charge in [0.1, 0.15) is 23.0 Å². The normalized spacial score (nSPS) is 12.6. The fraction of sp³-hybridized carbons (Fsp3) is 0.111. The molecule has 0 N–H and O–H groups in total. The Hall–Kier alpha value is -4.32. The molecule has 0 saturated heterocycles. The molecule has 6 nitrogen and oxygen atoms in total. The van der Waals surface area contributed by atoms with Gasteiger partial charge in [-0.3, -0.25) is 0 Å². The van der Waals surface area contributed by atoms with Gasteiger partial charge in [-0.05, 0) is 41.8 Å². The van der Waals surface area contributed by atoms with E-state index >= 15 is 0 Å². The van der Waals surface area contributed by atoms with Gasteiger partial charge in [0.25, 0.3) is 0 Å². The SMILES string of the molecule is COc1ccc(-c2cc3c4c(oc(=O)c3c(=O)o2)-c2ccc3ccccc3c2OCC4)cc1. The smallest absolute Gasteiger partial charge is 0.351 e. The van der Waals surface area contributed by atoms with Crippen molar-refractivity contribution in [1.82, 2.24) is 0 Å². The number of fused-ring (bicyclic) bond motifs is 7. The molecular formula is C27H18O6. The number of ether oxygens (including phenoxy) is 2. The molecule has 0 unspecified atom stereocenters. The van der Waals surface area contributed by atoms with Crippen molar-refractivity contribution in [3.05, 3.63) is 93.1 Å². The molecule has 1 aliphatic heterocycles. The van der Waals surface area contributed by atoms with Gasteiger partial charge < -0.3 is 18.3 Å². The van der Waals surface area contributed by atoms with E-state index in [0.29, 0.717) is 52.6 Å². The van der Waals surface area contributed by atoms with Crippen LogP contribution in [-0.4, -0.2) is 13.7 Å². The summed E-state index contributed by atoms with van der Waals surface area (Å²) >= 11 is 0. The first-order valence-corrected chi connectivity index (χ1v) is 10.6. The van der Waals surface area contributed by atoms with E-state index in [1.165, 1.54) is 0 Å². The Morgan fingerprint density at radius 3 is 2.45 bits per heavy atom. The third-order valence-corrected chi connectivity index (χ3v) is 6.05. The van der Waals surface area contributed by atoms with Crippen LogP contribution in [0.5, 0.6) is 11.5 Å². The molecule has 3 heterocycles. The van der Waals surface area contributed by atoms with Gasteiger partial charge >= 0.3 is 11.3 Å². The first kappa shape index (κ1) is 19.4. The summed E-state index contributed by atoms with van der Waals surface area (Å²) < 4.78 is 22.5. The number of hydrogen-bond acceptors (Lipinski definition) is 6. The predicted octanol–water partition coefficient (Wildman–Crippen LogP) is 5.18. The number of methoxy groups -OCH3 is 1. The quantitative estimate of drug-likeness (QED) is 0.378. The van der Waals surface area contributed by atoms with Gasteiger partial charge in [-0.2, -0.15) is 0 Å². The zero-order chi connectivity index (χ0) is 22.5. The Bertz CT molecular complexity index is 1660. The molecule has 0 amide bonds. The van der Waals surface area contributed by atoms with Crippen LogP contribution in [-0.2, 0) is 6.42 Å². The van der Waals surface area contributed by atoms with Gasteiger partial charge in [0, 0.05) is 28.3 Å². The molecule has 2 aromatic heterocycles. The molecule has 6 rings (SSSR count). The van der Waals surface area contributed by atoms with E-state index in [2.05, 4.69) is 0 Å². The van der Waals surface area contributed by atoms with Crippen LogP contribution < -0.4 is 20.7 Å². The van der Waals surface area contributed by atoms with E-state index in [1.54, 1.807) is 37.4 Å². The van der Waals surface area contributed by atoms with Crippen molar-refractivity contribution in [2.75, 3.05) is 13.7 Å². The highest BCUT2D eigenvalue weighted by molar-refractivity contribution is 5.97. The monoisotopic (exact) mass is 438 g/mol. The van der Waals surface area contributed by atoms with Crippen molar-refractivity contribution in [3.8, 4) is 34.1 Å². The highest BCUT2D eigenvalue weighted by Crippen LogP contribution is 2.41. The maximum Gasteiger partial charge on any atom is 0.351 e. The number of rotatable bonds is 2. The molecule has 0 fully saturated rings. The molecule has 0 bridgehead atoms. The van der Waals surface area contributed by atoms with E-state index in [9.17, 15) is 9.59 Å². The summed E-state index contributed by atoms with van der Waals surface area (Å²) in [5.74, 6) is 2.16. The lowest BCUT2D eigenvalue weighted by atomic mass is 9.97. The lowest BCUT2D eigenvalue weighted by molar-refractivity contribution is 0.330. The van der Waals surface area contributed by atoms with E-state index in [1.807, 2.05) is 36.4 Å². The summed E-state index contributed by atoms with van der Waals surface area (Å²) in [5, 5.41) is 2.41. The average Bonchev–Trinajstić information content (AvgIpc) is 3.03. The molecule has 1 aliphatic rings. The third-order valence-electron chi connectivity index (χ3n) is 6.05. The minimum atomic E-state index is -0.723. The average molecular weight is 438 g/mol. The molecule has 0 aliphatic carbocycles. The second-order valence-electron chi connectivity index (χ2n) is 7.87. The summed E-state index contributed by atoms with van der Waals surface area (Å²) in [6.07, 6.45) is 0.476. The zero-order valence-corrected chi connectivity index (χ0v) is 17.7. The van der Waals surface area contributed by atoms with Crippen LogP contribution in [0.2, 0.25) is 0 Å². The Morgan fingerprint density at radius 1 is 0.848 bits per heavy atom. The van der Waals surface area contributed by atoms with Crippen molar-refractivity contribution < 1.29 is 18.3 Å². The van der Waals surface area contributed by atoms with Gasteiger partial charge in [0.15, 0.2) is 5.39 Å². The minimum absolute atomic E-state index is 0.0877. The molecule has 6 heteroatoms. The highest BCUT2D eigenvalue weighted by atomic mass is 16.5. The summed E-state index contributed by atoms with van der Waals surface area (Å²) in [5.41, 5.74) is 0.701. The van der Waals surface area contributed by atoms with E-state index in [4.69, 9.17) is 18.3 Å². The number of benzene rings is 3. The summed E-state index contributed by atoms with van der Waals surface area (Å²) in [4.78, 5) is 25.7. The molecule has 5 aromatic rings. The van der Waals surface area contributed by atoms with Crippen LogP contribution in [0.1, 0.15) is 5.56 Å². The summed E-state index contributed by atoms with van der Waals surface area (Å²) in [6.45, 7) is 0.384. The predicted molar refractivity (Wildman–Crippen MR) is 125 cm³/mol. The standard InChI is InChI=1S/C27H18O6/c1-30-17-9-6-16(7-10-17)22-14-21-19-12-13-31-24-18-5-3-2-4-15(18)8-11-20(24)25(19)33-27(29)23(21)26(28)32-22/h2-11,14H,12-13H2,1H3. The summed E-state index contributed by atoms with van der Waals surface area (Å²) in [7, 11) is 1.59. The van der Waals surface area contributed by atoms with Gasteiger partial charge in [-0.15, -0.1) is 0 Å². The maximum atomic E-state index is 12.9.